The normalized spacial score (nSPS) is 11.6. The van der Waals surface area contributed by atoms with Crippen molar-refractivity contribution in [3.8, 4) is 0 Å². The van der Waals surface area contributed by atoms with Crippen LogP contribution < -0.4 is 15.5 Å². The molecule has 3 rings (SSSR count). The lowest BCUT2D eigenvalue weighted by Crippen LogP contribution is -2.46. The number of hydrogen-bond donors (Lipinski definition) is 2. The van der Waals surface area contributed by atoms with Crippen LogP contribution in [0.5, 0.6) is 0 Å². The van der Waals surface area contributed by atoms with Gasteiger partial charge in [0, 0.05) is 30.8 Å². The van der Waals surface area contributed by atoms with Crippen LogP contribution in [0, 0.1) is 19.7 Å². The predicted octanol–water partition coefficient (Wildman–Crippen LogP) is 4.86. The van der Waals surface area contributed by atoms with Gasteiger partial charge in [0.15, 0.2) is 0 Å². The molecule has 1 heterocycles. The van der Waals surface area contributed by atoms with Gasteiger partial charge in [0.05, 0.1) is 0 Å². The number of amides is 3. The molecule has 0 fully saturated rings. The Kier molecular flexibility index (Phi) is 8.89. The van der Waals surface area contributed by atoms with Crippen molar-refractivity contribution in [3.63, 3.8) is 0 Å². The van der Waals surface area contributed by atoms with Crippen LogP contribution in [0.4, 0.5) is 15.9 Å². The van der Waals surface area contributed by atoms with Crippen LogP contribution in [0.3, 0.4) is 0 Å². The van der Waals surface area contributed by atoms with Gasteiger partial charge in [-0.3, -0.25) is 19.3 Å². The summed E-state index contributed by atoms with van der Waals surface area (Å²) in [7, 11) is 0. The first kappa shape index (κ1) is 26.5. The monoisotopic (exact) mass is 490 g/mol. The molecule has 0 saturated carbocycles. The Morgan fingerprint density at radius 3 is 2.19 bits per heavy atom. The summed E-state index contributed by atoms with van der Waals surface area (Å²) in [6, 6.07) is 15.0. The fraction of sp³-hybridized carbons (Fsp3) is 0.286. The van der Waals surface area contributed by atoms with Gasteiger partial charge in [-0.1, -0.05) is 29.8 Å². The van der Waals surface area contributed by atoms with E-state index in [0.717, 1.165) is 11.1 Å². The van der Waals surface area contributed by atoms with Crippen molar-refractivity contribution in [2.24, 2.45) is 0 Å². The molecule has 0 bridgehead atoms. The second-order valence-corrected chi connectivity index (χ2v) is 8.98. The summed E-state index contributed by atoms with van der Waals surface area (Å²) in [5, 5.41) is 5.56. The molecule has 188 valence electrons. The number of carbonyl (C=O) groups excluding carboxylic acids is 3. The second-order valence-electron chi connectivity index (χ2n) is 8.98. The molecule has 2 aromatic carbocycles. The largest absolute Gasteiger partial charge is 0.352 e. The van der Waals surface area contributed by atoms with Crippen molar-refractivity contribution >= 4 is 29.2 Å². The summed E-state index contributed by atoms with van der Waals surface area (Å²) in [6.45, 7) is 7.45. The molecule has 1 aromatic heterocycles. The lowest BCUT2D eigenvalue weighted by atomic mass is 10.0. The second kappa shape index (κ2) is 12.1. The number of nitrogens with one attached hydrogen (secondary N) is 2. The molecular weight excluding hydrogens is 459 g/mol. The maximum atomic E-state index is 13.7. The smallest absolute Gasteiger partial charge is 0.248 e. The molecule has 0 aliphatic heterocycles. The Hall–Kier alpha value is -4.07. The van der Waals surface area contributed by atoms with E-state index in [4.69, 9.17) is 0 Å². The zero-order valence-electron chi connectivity index (χ0n) is 20.9. The first-order valence-electron chi connectivity index (χ1n) is 11.8. The number of anilines is 2. The van der Waals surface area contributed by atoms with E-state index >= 15 is 0 Å². The third-order valence-electron chi connectivity index (χ3n) is 5.45. The summed E-state index contributed by atoms with van der Waals surface area (Å²) < 4.78 is 13.7. The molecule has 8 heteroatoms. The Morgan fingerprint density at radius 2 is 1.58 bits per heavy atom. The average Bonchev–Trinajstić information content (AvgIpc) is 2.82. The Labute approximate surface area is 210 Å². The number of rotatable bonds is 9. The number of carbonyl (C=O) groups is 3. The molecule has 0 aliphatic rings. The first-order valence-corrected chi connectivity index (χ1v) is 11.8. The van der Waals surface area contributed by atoms with E-state index in [9.17, 15) is 18.8 Å². The van der Waals surface area contributed by atoms with E-state index in [1.165, 1.54) is 29.2 Å². The molecule has 3 aromatic rings. The van der Waals surface area contributed by atoms with Crippen LogP contribution in [0.25, 0.3) is 0 Å². The number of hydrogen-bond acceptors (Lipinski definition) is 4. The minimum Gasteiger partial charge on any atom is -0.352 e. The van der Waals surface area contributed by atoms with Gasteiger partial charge in [-0.05, 0) is 75.2 Å². The number of aromatic nitrogens is 1. The van der Waals surface area contributed by atoms with Gasteiger partial charge in [0.2, 0.25) is 17.7 Å². The van der Waals surface area contributed by atoms with Crippen LogP contribution in [0.2, 0.25) is 0 Å². The molecule has 3 amide bonds. The maximum Gasteiger partial charge on any atom is 0.248 e. The van der Waals surface area contributed by atoms with Crippen molar-refractivity contribution < 1.29 is 18.8 Å². The summed E-state index contributed by atoms with van der Waals surface area (Å²) in [5.41, 5.74) is 2.89. The fourth-order valence-corrected chi connectivity index (χ4v) is 3.72. The van der Waals surface area contributed by atoms with Crippen molar-refractivity contribution in [1.29, 1.82) is 0 Å². The zero-order valence-corrected chi connectivity index (χ0v) is 20.9. The lowest BCUT2D eigenvalue weighted by Gasteiger charge is -2.32. The standard InChI is InChI=1S/C28H31FN4O3/c1-18(2)31-28(36)27(21-7-9-22(29)10-8-21)33(23-11-5-19(3)6-12-23)26(35)14-13-25(34)32-24-17-20(4)15-16-30-24/h5-12,15-18,27H,13-14H2,1-4H3,(H,31,36)(H,30,32,34)/t27-/m0/s1. The van der Waals surface area contributed by atoms with Crippen molar-refractivity contribution in [1.82, 2.24) is 10.3 Å². The maximum absolute atomic E-state index is 13.7. The highest BCUT2D eigenvalue weighted by Gasteiger charge is 2.33. The average molecular weight is 491 g/mol. The highest BCUT2D eigenvalue weighted by Crippen LogP contribution is 2.30. The number of halogens is 1. The minimum absolute atomic E-state index is 0.0985. The quantitative estimate of drug-likeness (QED) is 0.448. The molecule has 0 saturated heterocycles. The summed E-state index contributed by atoms with van der Waals surface area (Å²) >= 11 is 0. The van der Waals surface area contributed by atoms with Gasteiger partial charge in [-0.2, -0.15) is 0 Å². The molecule has 2 N–H and O–H groups in total. The SMILES string of the molecule is Cc1ccc(N(C(=O)CCC(=O)Nc2cc(C)ccn2)[C@H](C(=O)NC(C)C)c2ccc(F)cc2)cc1. The van der Waals surface area contributed by atoms with Crippen molar-refractivity contribution in [2.45, 2.75) is 52.6 Å². The van der Waals surface area contributed by atoms with Crippen molar-refractivity contribution in [3.05, 3.63) is 89.4 Å². The van der Waals surface area contributed by atoms with Gasteiger partial charge >= 0.3 is 0 Å². The number of aryl methyl sites for hydroxylation is 2. The van der Waals surface area contributed by atoms with Crippen LogP contribution >= 0.6 is 0 Å². The van der Waals surface area contributed by atoms with Gasteiger partial charge in [0.25, 0.3) is 0 Å². The fourth-order valence-electron chi connectivity index (χ4n) is 3.72. The Bertz CT molecular complexity index is 1210. The molecule has 0 spiro atoms. The number of benzene rings is 2. The minimum atomic E-state index is -1.05. The molecule has 0 radical (unpaired) electrons. The molecule has 36 heavy (non-hydrogen) atoms. The van der Waals surface area contributed by atoms with Crippen LogP contribution in [-0.2, 0) is 14.4 Å². The van der Waals surface area contributed by atoms with E-state index < -0.39 is 23.7 Å². The summed E-state index contributed by atoms with van der Waals surface area (Å²) in [4.78, 5) is 45.0. The predicted molar refractivity (Wildman–Crippen MR) is 138 cm³/mol. The molecular formula is C28H31FN4O3. The number of nitrogens with zero attached hydrogens (tertiary/aromatic N) is 2. The van der Waals surface area contributed by atoms with Crippen LogP contribution in [0.1, 0.15) is 49.4 Å². The van der Waals surface area contributed by atoms with Gasteiger partial charge in [-0.25, -0.2) is 9.37 Å². The third-order valence-corrected chi connectivity index (χ3v) is 5.45. The first-order chi connectivity index (χ1) is 17.1. The van der Waals surface area contributed by atoms with Crippen LogP contribution in [-0.4, -0.2) is 28.7 Å². The molecule has 0 unspecified atom stereocenters. The van der Waals surface area contributed by atoms with E-state index in [2.05, 4.69) is 15.6 Å². The van der Waals surface area contributed by atoms with Crippen LogP contribution in [0.15, 0.2) is 66.9 Å². The Balaban J connectivity index is 1.91. The number of pyridine rings is 1. The Morgan fingerprint density at radius 1 is 0.917 bits per heavy atom. The van der Waals surface area contributed by atoms with Gasteiger partial charge in [-0.15, -0.1) is 0 Å². The molecule has 1 atom stereocenters. The van der Waals surface area contributed by atoms with E-state index in [-0.39, 0.29) is 24.8 Å². The molecule has 7 nitrogen and oxygen atoms in total. The summed E-state index contributed by atoms with van der Waals surface area (Å²) in [6.07, 6.45) is 1.35. The highest BCUT2D eigenvalue weighted by atomic mass is 19.1. The summed E-state index contributed by atoms with van der Waals surface area (Å²) in [5.74, 6) is -1.23. The van der Waals surface area contributed by atoms with E-state index in [1.54, 1.807) is 24.4 Å². The van der Waals surface area contributed by atoms with E-state index in [1.807, 2.05) is 45.9 Å². The lowest BCUT2D eigenvalue weighted by molar-refractivity contribution is -0.127. The topological polar surface area (TPSA) is 91.4 Å². The van der Waals surface area contributed by atoms with E-state index in [0.29, 0.717) is 17.1 Å². The third kappa shape index (κ3) is 7.21. The van der Waals surface area contributed by atoms with Gasteiger partial charge < -0.3 is 10.6 Å². The molecule has 0 aliphatic carbocycles. The van der Waals surface area contributed by atoms with Gasteiger partial charge in [0.1, 0.15) is 17.7 Å². The van der Waals surface area contributed by atoms with Crippen molar-refractivity contribution in [2.75, 3.05) is 10.2 Å². The zero-order chi connectivity index (χ0) is 26.2. The highest BCUT2D eigenvalue weighted by molar-refractivity contribution is 6.03.